The molecule has 0 saturated heterocycles. The molecule has 18 heavy (non-hydrogen) atoms. The van der Waals surface area contributed by atoms with Crippen LogP contribution >= 0.6 is 11.6 Å². The van der Waals surface area contributed by atoms with Crippen molar-refractivity contribution in [2.45, 2.75) is 0 Å². The number of hydrogen-bond donors (Lipinski definition) is 0. The Morgan fingerprint density at radius 3 is 2.83 bits per heavy atom. The lowest BCUT2D eigenvalue weighted by Gasteiger charge is -2.04. The lowest BCUT2D eigenvalue weighted by Crippen LogP contribution is -1.90. The first-order valence-corrected chi connectivity index (χ1v) is 5.29. The van der Waals surface area contributed by atoms with Crippen LogP contribution < -0.4 is 0 Å². The summed E-state index contributed by atoms with van der Waals surface area (Å²) >= 11 is 6.04. The number of nitrogens with zero attached hydrogens (tertiary/aromatic N) is 3. The summed E-state index contributed by atoms with van der Waals surface area (Å²) in [4.78, 5) is 14.1. The number of non-ortho nitro benzene ring substituents is 1. The molecule has 6 heteroatoms. The Balaban J connectivity index is 2.59. The topological polar surface area (TPSA) is 79.8 Å². The molecule has 0 N–H and O–H groups in total. The third kappa shape index (κ3) is 2.14. The Labute approximate surface area is 107 Å². The molecule has 0 bridgehead atoms. The van der Waals surface area contributed by atoms with Gasteiger partial charge in [0.2, 0.25) is 0 Å². The van der Waals surface area contributed by atoms with Crippen molar-refractivity contribution in [3.05, 3.63) is 57.4 Å². The molecule has 0 spiro atoms. The van der Waals surface area contributed by atoms with E-state index in [1.165, 1.54) is 24.5 Å². The minimum absolute atomic E-state index is 0.0362. The molecular weight excluding hydrogens is 254 g/mol. The predicted octanol–water partition coefficient (Wildman–Crippen LogP) is 3.18. The minimum atomic E-state index is -0.487. The summed E-state index contributed by atoms with van der Waals surface area (Å²) in [6.45, 7) is 0. The zero-order valence-electron chi connectivity index (χ0n) is 9.00. The Morgan fingerprint density at radius 2 is 2.17 bits per heavy atom. The zero-order valence-corrected chi connectivity index (χ0v) is 9.76. The van der Waals surface area contributed by atoms with Crippen LogP contribution in [0, 0.1) is 21.4 Å². The van der Waals surface area contributed by atoms with Gasteiger partial charge in [0.1, 0.15) is 6.07 Å². The van der Waals surface area contributed by atoms with Crippen molar-refractivity contribution in [2.24, 2.45) is 0 Å². The molecule has 2 aromatic rings. The van der Waals surface area contributed by atoms with Gasteiger partial charge >= 0.3 is 0 Å². The highest BCUT2D eigenvalue weighted by Crippen LogP contribution is 2.31. The first kappa shape index (κ1) is 12.0. The van der Waals surface area contributed by atoms with Crippen LogP contribution in [0.3, 0.4) is 0 Å². The molecule has 1 aromatic heterocycles. The van der Waals surface area contributed by atoms with E-state index in [-0.39, 0.29) is 16.3 Å². The molecule has 0 aliphatic rings. The summed E-state index contributed by atoms with van der Waals surface area (Å²) in [5.41, 5.74) is 1.25. The van der Waals surface area contributed by atoms with Crippen molar-refractivity contribution in [2.75, 3.05) is 0 Å². The van der Waals surface area contributed by atoms with Gasteiger partial charge in [-0.05, 0) is 5.56 Å². The fourth-order valence-electron chi connectivity index (χ4n) is 1.51. The molecule has 1 aromatic carbocycles. The van der Waals surface area contributed by atoms with Gasteiger partial charge in [0.05, 0.1) is 15.5 Å². The molecule has 0 radical (unpaired) electrons. The molecule has 0 aliphatic heterocycles. The van der Waals surface area contributed by atoms with Gasteiger partial charge in [-0.1, -0.05) is 23.7 Å². The quantitative estimate of drug-likeness (QED) is 0.613. The maximum absolute atomic E-state index is 10.7. The number of benzene rings is 1. The Hall–Kier alpha value is -2.45. The Morgan fingerprint density at radius 1 is 1.39 bits per heavy atom. The van der Waals surface area contributed by atoms with Crippen LogP contribution in [0.1, 0.15) is 5.56 Å². The van der Waals surface area contributed by atoms with Crippen LogP contribution in [0.15, 0.2) is 36.7 Å². The van der Waals surface area contributed by atoms with E-state index < -0.39 is 4.92 Å². The van der Waals surface area contributed by atoms with Gasteiger partial charge in [0, 0.05) is 30.1 Å². The second-order valence-electron chi connectivity index (χ2n) is 3.47. The van der Waals surface area contributed by atoms with Crippen LogP contribution in [0.5, 0.6) is 0 Å². The summed E-state index contributed by atoms with van der Waals surface area (Å²) in [6.07, 6.45) is 2.82. The highest BCUT2D eigenvalue weighted by atomic mass is 35.5. The van der Waals surface area contributed by atoms with Crippen LogP contribution in [-0.2, 0) is 0 Å². The third-order valence-corrected chi connectivity index (χ3v) is 2.78. The zero-order chi connectivity index (χ0) is 13.1. The van der Waals surface area contributed by atoms with Crippen LogP contribution in [0.4, 0.5) is 5.69 Å². The third-order valence-electron chi connectivity index (χ3n) is 2.37. The van der Waals surface area contributed by atoms with Crippen molar-refractivity contribution in [1.82, 2.24) is 4.98 Å². The molecule has 88 valence electrons. The molecule has 0 atom stereocenters. The van der Waals surface area contributed by atoms with Crippen molar-refractivity contribution in [3.63, 3.8) is 0 Å². The number of hydrogen-bond acceptors (Lipinski definition) is 4. The molecule has 0 unspecified atom stereocenters. The van der Waals surface area contributed by atoms with Crippen molar-refractivity contribution in [1.29, 1.82) is 5.26 Å². The molecular formula is C12H6ClN3O2. The fraction of sp³-hybridized carbons (Fsp3) is 0. The van der Waals surface area contributed by atoms with E-state index in [4.69, 9.17) is 16.9 Å². The molecule has 0 saturated carbocycles. The van der Waals surface area contributed by atoms with E-state index in [1.807, 2.05) is 6.07 Å². The van der Waals surface area contributed by atoms with E-state index in [2.05, 4.69) is 4.98 Å². The van der Waals surface area contributed by atoms with Crippen molar-refractivity contribution >= 4 is 17.3 Å². The highest BCUT2D eigenvalue weighted by Gasteiger charge is 2.12. The van der Waals surface area contributed by atoms with Gasteiger partial charge in [-0.25, -0.2) is 0 Å². The first-order valence-electron chi connectivity index (χ1n) is 4.92. The first-order chi connectivity index (χ1) is 8.63. The Kier molecular flexibility index (Phi) is 3.22. The lowest BCUT2D eigenvalue weighted by molar-refractivity contribution is -0.384. The number of nitriles is 1. The summed E-state index contributed by atoms with van der Waals surface area (Å²) < 4.78 is 0. The number of nitro benzene ring substituents is 1. The van der Waals surface area contributed by atoms with Crippen LogP contribution in [-0.4, -0.2) is 9.91 Å². The number of pyridine rings is 1. The number of halogens is 1. The van der Waals surface area contributed by atoms with Gasteiger partial charge in [-0.3, -0.25) is 15.1 Å². The summed E-state index contributed by atoms with van der Waals surface area (Å²) in [7, 11) is 0. The van der Waals surface area contributed by atoms with E-state index in [0.717, 1.165) is 0 Å². The lowest BCUT2D eigenvalue weighted by atomic mass is 10.1. The summed E-state index contributed by atoms with van der Waals surface area (Å²) in [5.74, 6) is 0. The summed E-state index contributed by atoms with van der Waals surface area (Å²) in [5, 5.41) is 19.8. The molecule has 0 amide bonds. The van der Waals surface area contributed by atoms with E-state index in [9.17, 15) is 10.1 Å². The number of rotatable bonds is 2. The average molecular weight is 260 g/mol. The largest absolute Gasteiger partial charge is 0.270 e. The molecule has 0 fully saturated rings. The van der Waals surface area contributed by atoms with E-state index in [0.29, 0.717) is 11.1 Å². The van der Waals surface area contributed by atoms with E-state index >= 15 is 0 Å². The fourth-order valence-corrected chi connectivity index (χ4v) is 1.76. The SMILES string of the molecule is N#Cc1cncc(-c2cccc([N+](=O)[O-])c2)c1Cl. The normalized spacial score (nSPS) is 9.78. The molecule has 0 aliphatic carbocycles. The van der Waals surface area contributed by atoms with Crippen LogP contribution in [0.25, 0.3) is 11.1 Å². The van der Waals surface area contributed by atoms with Gasteiger partial charge in [0.25, 0.3) is 5.69 Å². The highest BCUT2D eigenvalue weighted by molar-refractivity contribution is 6.34. The number of nitro groups is 1. The van der Waals surface area contributed by atoms with Gasteiger partial charge in [-0.15, -0.1) is 0 Å². The maximum atomic E-state index is 10.7. The van der Waals surface area contributed by atoms with Crippen molar-refractivity contribution in [3.8, 4) is 17.2 Å². The smallest absolute Gasteiger partial charge is 0.263 e. The standard InChI is InChI=1S/C12H6ClN3O2/c13-12-9(5-14)6-15-7-11(12)8-2-1-3-10(4-8)16(17)18/h1-4,6-7H. The summed E-state index contributed by atoms with van der Waals surface area (Å²) in [6, 6.07) is 7.93. The second kappa shape index (κ2) is 4.82. The predicted molar refractivity (Wildman–Crippen MR) is 66.1 cm³/mol. The van der Waals surface area contributed by atoms with Gasteiger partial charge < -0.3 is 0 Å². The molecule has 5 nitrogen and oxygen atoms in total. The van der Waals surface area contributed by atoms with Crippen molar-refractivity contribution < 1.29 is 4.92 Å². The average Bonchev–Trinajstić information content (AvgIpc) is 2.39. The monoisotopic (exact) mass is 259 g/mol. The van der Waals surface area contributed by atoms with Gasteiger partial charge in [0.15, 0.2) is 0 Å². The second-order valence-corrected chi connectivity index (χ2v) is 3.85. The molecule has 2 rings (SSSR count). The molecule has 1 heterocycles. The van der Waals surface area contributed by atoms with Gasteiger partial charge in [-0.2, -0.15) is 5.26 Å². The Bertz CT molecular complexity index is 665. The maximum Gasteiger partial charge on any atom is 0.270 e. The van der Waals surface area contributed by atoms with Crippen LogP contribution in [0.2, 0.25) is 5.02 Å². The number of aromatic nitrogens is 1. The van der Waals surface area contributed by atoms with E-state index in [1.54, 1.807) is 12.1 Å². The minimum Gasteiger partial charge on any atom is -0.263 e.